The molecule has 1 heterocycles. The quantitative estimate of drug-likeness (QED) is 0.863. The SMILES string of the molecule is NC1C2CCCC1CC(C(=O)NC1CCCOc3c(F)cccc31)C2. The molecule has 0 spiro atoms. The van der Waals surface area contributed by atoms with Crippen LogP contribution in [0.3, 0.4) is 0 Å². The third-order valence-corrected chi connectivity index (χ3v) is 6.36. The van der Waals surface area contributed by atoms with Crippen LogP contribution in [-0.4, -0.2) is 18.6 Å². The molecule has 2 fully saturated rings. The van der Waals surface area contributed by atoms with Crippen molar-refractivity contribution in [1.82, 2.24) is 5.32 Å². The number of carbonyl (C=O) groups is 1. The maximum atomic E-state index is 14.1. The number of para-hydroxylation sites is 1. The summed E-state index contributed by atoms with van der Waals surface area (Å²) in [6, 6.07) is 5.05. The molecule has 3 N–H and O–H groups in total. The van der Waals surface area contributed by atoms with Crippen LogP contribution < -0.4 is 15.8 Å². The number of benzene rings is 1. The Bertz CT molecular complexity index is 637. The number of halogens is 1. The summed E-state index contributed by atoms with van der Waals surface area (Å²) in [7, 11) is 0. The molecule has 2 bridgehead atoms. The number of ether oxygens (including phenoxy) is 1. The molecule has 3 atom stereocenters. The highest BCUT2D eigenvalue weighted by atomic mass is 19.1. The molecular weight excluding hydrogens is 319 g/mol. The molecule has 0 aromatic heterocycles. The van der Waals surface area contributed by atoms with Crippen LogP contribution in [0.4, 0.5) is 4.39 Å². The molecule has 1 aromatic rings. The lowest BCUT2D eigenvalue weighted by atomic mass is 9.65. The zero-order chi connectivity index (χ0) is 17.4. The Hall–Kier alpha value is -1.62. The van der Waals surface area contributed by atoms with E-state index < -0.39 is 0 Å². The number of fused-ring (bicyclic) bond motifs is 3. The molecule has 1 amide bonds. The van der Waals surface area contributed by atoms with E-state index in [4.69, 9.17) is 10.5 Å². The maximum absolute atomic E-state index is 14.1. The van der Waals surface area contributed by atoms with E-state index in [9.17, 15) is 9.18 Å². The van der Waals surface area contributed by atoms with Crippen molar-refractivity contribution >= 4 is 5.91 Å². The molecule has 4 nitrogen and oxygen atoms in total. The molecule has 1 aromatic carbocycles. The van der Waals surface area contributed by atoms with Gasteiger partial charge in [-0.05, 0) is 56.4 Å². The van der Waals surface area contributed by atoms with E-state index in [0.717, 1.165) is 44.1 Å². The Morgan fingerprint density at radius 2 is 1.92 bits per heavy atom. The minimum absolute atomic E-state index is 0.0382. The average molecular weight is 346 g/mol. The zero-order valence-corrected chi connectivity index (χ0v) is 14.5. The number of amides is 1. The molecule has 5 heteroatoms. The second-order valence-corrected chi connectivity index (χ2v) is 7.91. The first-order valence-electron chi connectivity index (χ1n) is 9.60. The highest BCUT2D eigenvalue weighted by molar-refractivity contribution is 5.79. The van der Waals surface area contributed by atoms with E-state index in [0.29, 0.717) is 24.2 Å². The Morgan fingerprint density at radius 3 is 2.68 bits per heavy atom. The van der Waals surface area contributed by atoms with Crippen molar-refractivity contribution in [2.24, 2.45) is 23.5 Å². The van der Waals surface area contributed by atoms with E-state index in [1.807, 2.05) is 6.07 Å². The van der Waals surface area contributed by atoms with Crippen LogP contribution in [-0.2, 0) is 4.79 Å². The summed E-state index contributed by atoms with van der Waals surface area (Å²) in [6.45, 7) is 0.489. The Morgan fingerprint density at radius 1 is 1.16 bits per heavy atom. The number of hydrogen-bond acceptors (Lipinski definition) is 3. The highest BCUT2D eigenvalue weighted by Gasteiger charge is 2.41. The van der Waals surface area contributed by atoms with Gasteiger partial charge in [0.1, 0.15) is 0 Å². The van der Waals surface area contributed by atoms with Crippen molar-refractivity contribution in [3.8, 4) is 5.75 Å². The number of nitrogens with one attached hydrogen (secondary N) is 1. The van der Waals surface area contributed by atoms with Gasteiger partial charge in [0, 0.05) is 17.5 Å². The van der Waals surface area contributed by atoms with Crippen molar-refractivity contribution in [2.45, 2.75) is 57.0 Å². The highest BCUT2D eigenvalue weighted by Crippen LogP contribution is 2.42. The topological polar surface area (TPSA) is 64.4 Å². The van der Waals surface area contributed by atoms with Gasteiger partial charge in [-0.2, -0.15) is 0 Å². The second-order valence-electron chi connectivity index (χ2n) is 7.91. The van der Waals surface area contributed by atoms with Crippen molar-refractivity contribution in [1.29, 1.82) is 0 Å². The smallest absolute Gasteiger partial charge is 0.223 e. The van der Waals surface area contributed by atoms with Crippen LogP contribution in [0.15, 0.2) is 18.2 Å². The van der Waals surface area contributed by atoms with Crippen LogP contribution in [0.2, 0.25) is 0 Å². The van der Waals surface area contributed by atoms with Gasteiger partial charge >= 0.3 is 0 Å². The molecule has 3 unspecified atom stereocenters. The first-order valence-corrected chi connectivity index (χ1v) is 9.60. The maximum Gasteiger partial charge on any atom is 0.223 e. The van der Waals surface area contributed by atoms with E-state index in [2.05, 4.69) is 5.32 Å². The predicted molar refractivity (Wildman–Crippen MR) is 93.5 cm³/mol. The average Bonchev–Trinajstić information content (AvgIpc) is 2.78. The van der Waals surface area contributed by atoms with E-state index in [1.165, 1.54) is 12.5 Å². The lowest BCUT2D eigenvalue weighted by molar-refractivity contribution is -0.128. The van der Waals surface area contributed by atoms with Gasteiger partial charge in [-0.25, -0.2) is 4.39 Å². The molecule has 136 valence electrons. The third kappa shape index (κ3) is 3.26. The number of rotatable bonds is 2. The minimum atomic E-state index is -0.350. The van der Waals surface area contributed by atoms with Gasteiger partial charge in [-0.15, -0.1) is 0 Å². The van der Waals surface area contributed by atoms with Crippen LogP contribution in [0.25, 0.3) is 0 Å². The van der Waals surface area contributed by atoms with Crippen molar-refractivity contribution in [3.05, 3.63) is 29.6 Å². The van der Waals surface area contributed by atoms with Gasteiger partial charge in [-0.3, -0.25) is 4.79 Å². The molecule has 25 heavy (non-hydrogen) atoms. The standard InChI is InChI=1S/C20H27FN2O2/c21-16-7-2-6-15-17(8-3-9-25-19(15)16)23-20(24)14-10-12-4-1-5-13(11-14)18(12)22/h2,6-7,12-14,17-18H,1,3-5,8-11,22H2,(H,23,24). The number of hydrogen-bond donors (Lipinski definition) is 2. The Kier molecular flexibility index (Phi) is 4.67. The minimum Gasteiger partial charge on any atom is -0.490 e. The molecule has 0 saturated heterocycles. The fraction of sp³-hybridized carbons (Fsp3) is 0.650. The predicted octanol–water partition coefficient (Wildman–Crippen LogP) is 3.31. The van der Waals surface area contributed by atoms with Crippen LogP contribution in [0, 0.1) is 23.6 Å². The van der Waals surface area contributed by atoms with Gasteiger partial charge in [0.25, 0.3) is 0 Å². The fourth-order valence-corrected chi connectivity index (χ4v) is 5.01. The van der Waals surface area contributed by atoms with Crippen LogP contribution in [0.1, 0.15) is 56.6 Å². The molecular formula is C20H27FN2O2. The van der Waals surface area contributed by atoms with Crippen LogP contribution in [0.5, 0.6) is 5.75 Å². The summed E-state index contributed by atoms with van der Waals surface area (Å²) >= 11 is 0. The van der Waals surface area contributed by atoms with Crippen molar-refractivity contribution < 1.29 is 13.9 Å². The Balaban J connectivity index is 1.49. The number of carbonyl (C=O) groups excluding carboxylic acids is 1. The third-order valence-electron chi connectivity index (χ3n) is 6.36. The summed E-state index contributed by atoms with van der Waals surface area (Å²) in [5.41, 5.74) is 7.10. The summed E-state index contributed by atoms with van der Waals surface area (Å²) in [5, 5.41) is 3.19. The molecule has 1 aliphatic heterocycles. The normalized spacial score (nSPS) is 34.4. The summed E-state index contributed by atoms with van der Waals surface area (Å²) in [4.78, 5) is 12.9. The van der Waals surface area contributed by atoms with Crippen molar-refractivity contribution in [2.75, 3.05) is 6.61 Å². The van der Waals surface area contributed by atoms with Gasteiger partial charge < -0.3 is 15.8 Å². The molecule has 0 radical (unpaired) electrons. The van der Waals surface area contributed by atoms with Gasteiger partial charge in [0.15, 0.2) is 11.6 Å². The van der Waals surface area contributed by atoms with E-state index in [1.54, 1.807) is 6.07 Å². The summed E-state index contributed by atoms with van der Waals surface area (Å²) in [6.07, 6.45) is 6.90. The number of nitrogens with two attached hydrogens (primary N) is 1. The van der Waals surface area contributed by atoms with Gasteiger partial charge in [-0.1, -0.05) is 18.6 Å². The molecule has 2 saturated carbocycles. The lowest BCUT2D eigenvalue weighted by Crippen LogP contribution is -2.49. The Labute approximate surface area is 148 Å². The summed E-state index contributed by atoms with van der Waals surface area (Å²) < 4.78 is 19.6. The lowest BCUT2D eigenvalue weighted by Gasteiger charge is -2.43. The molecule has 2 aliphatic carbocycles. The fourth-order valence-electron chi connectivity index (χ4n) is 5.01. The second kappa shape index (κ2) is 6.94. The van der Waals surface area contributed by atoms with E-state index >= 15 is 0 Å². The zero-order valence-electron chi connectivity index (χ0n) is 14.5. The largest absolute Gasteiger partial charge is 0.490 e. The first-order chi connectivity index (χ1) is 12.1. The van der Waals surface area contributed by atoms with Crippen molar-refractivity contribution in [3.63, 3.8) is 0 Å². The van der Waals surface area contributed by atoms with Gasteiger partial charge in [0.05, 0.1) is 12.6 Å². The van der Waals surface area contributed by atoms with Crippen LogP contribution >= 0.6 is 0 Å². The van der Waals surface area contributed by atoms with Gasteiger partial charge in [0.2, 0.25) is 5.91 Å². The summed E-state index contributed by atoms with van der Waals surface area (Å²) in [5.74, 6) is 1.04. The molecule has 3 aliphatic rings. The molecule has 4 rings (SSSR count). The monoisotopic (exact) mass is 346 g/mol. The van der Waals surface area contributed by atoms with E-state index in [-0.39, 0.29) is 29.7 Å². The first kappa shape index (κ1) is 16.8.